The summed E-state index contributed by atoms with van der Waals surface area (Å²) < 4.78 is 6.95. The molecule has 0 radical (unpaired) electrons. The largest absolute Gasteiger partial charge is 0.338 e. The van der Waals surface area contributed by atoms with E-state index in [1.807, 2.05) is 6.92 Å². The molecular weight excluding hydrogens is 368 g/mol. The van der Waals surface area contributed by atoms with Crippen molar-refractivity contribution >= 4 is 33.3 Å². The van der Waals surface area contributed by atoms with Crippen LogP contribution in [0.5, 0.6) is 0 Å². The SMILES string of the molecule is C=CCn1c(SCc2nc(CC)no2)nc2sc3c(c2c1=O)CCCC3. The number of aryl methyl sites for hydroxylation is 3. The lowest BCUT2D eigenvalue weighted by molar-refractivity contribution is 0.385. The topological polar surface area (TPSA) is 73.8 Å². The quantitative estimate of drug-likeness (QED) is 0.364. The van der Waals surface area contributed by atoms with Gasteiger partial charge in [0.25, 0.3) is 5.56 Å². The van der Waals surface area contributed by atoms with Crippen LogP contribution in [0.25, 0.3) is 10.2 Å². The molecule has 0 N–H and O–H groups in total. The molecule has 26 heavy (non-hydrogen) atoms. The molecule has 1 aliphatic rings. The van der Waals surface area contributed by atoms with Crippen molar-refractivity contribution in [1.82, 2.24) is 19.7 Å². The molecule has 0 amide bonds. The van der Waals surface area contributed by atoms with Crippen molar-refractivity contribution in [2.45, 2.75) is 56.5 Å². The predicted octanol–water partition coefficient (Wildman–Crippen LogP) is 3.76. The predicted molar refractivity (Wildman–Crippen MR) is 104 cm³/mol. The Bertz CT molecular complexity index is 1020. The van der Waals surface area contributed by atoms with Crippen LogP contribution in [0.15, 0.2) is 27.1 Å². The van der Waals surface area contributed by atoms with Crippen LogP contribution in [0.2, 0.25) is 0 Å². The third-order valence-corrected chi connectivity index (χ3v) is 6.65. The van der Waals surface area contributed by atoms with E-state index in [4.69, 9.17) is 9.51 Å². The maximum Gasteiger partial charge on any atom is 0.263 e. The van der Waals surface area contributed by atoms with Gasteiger partial charge in [0.1, 0.15) is 4.83 Å². The first-order valence-electron chi connectivity index (χ1n) is 8.81. The molecule has 3 aromatic heterocycles. The smallest absolute Gasteiger partial charge is 0.263 e. The lowest BCUT2D eigenvalue weighted by Crippen LogP contribution is -2.23. The highest BCUT2D eigenvalue weighted by atomic mass is 32.2. The van der Waals surface area contributed by atoms with Crippen molar-refractivity contribution in [3.05, 3.63) is 45.2 Å². The molecule has 0 spiro atoms. The van der Waals surface area contributed by atoms with Crippen LogP contribution >= 0.6 is 23.1 Å². The molecule has 1 aliphatic carbocycles. The van der Waals surface area contributed by atoms with Crippen LogP contribution in [-0.4, -0.2) is 19.7 Å². The Kier molecular flexibility index (Phi) is 4.95. The van der Waals surface area contributed by atoms with E-state index in [9.17, 15) is 4.79 Å². The second kappa shape index (κ2) is 7.36. The monoisotopic (exact) mass is 388 g/mol. The van der Waals surface area contributed by atoms with Gasteiger partial charge in [0.15, 0.2) is 11.0 Å². The Morgan fingerprint density at radius 2 is 2.19 bits per heavy atom. The van der Waals surface area contributed by atoms with Gasteiger partial charge in [-0.3, -0.25) is 9.36 Å². The van der Waals surface area contributed by atoms with Crippen LogP contribution in [-0.2, 0) is 31.6 Å². The highest BCUT2D eigenvalue weighted by Crippen LogP contribution is 2.35. The second-order valence-electron chi connectivity index (χ2n) is 6.24. The van der Waals surface area contributed by atoms with Crippen molar-refractivity contribution in [2.75, 3.05) is 0 Å². The standard InChI is InChI=1S/C18H20N4O2S2/c1-3-9-22-17(23)15-11-7-5-6-8-12(11)26-16(15)20-18(22)25-10-14-19-13(4-2)21-24-14/h3H,1,4-10H2,2H3. The zero-order valence-corrected chi connectivity index (χ0v) is 16.3. The minimum Gasteiger partial charge on any atom is -0.338 e. The summed E-state index contributed by atoms with van der Waals surface area (Å²) in [7, 11) is 0. The lowest BCUT2D eigenvalue weighted by Gasteiger charge is -2.11. The zero-order valence-electron chi connectivity index (χ0n) is 14.7. The molecule has 0 aliphatic heterocycles. The van der Waals surface area contributed by atoms with Crippen molar-refractivity contribution < 1.29 is 4.52 Å². The maximum absolute atomic E-state index is 13.2. The molecule has 8 heteroatoms. The van der Waals surface area contributed by atoms with Gasteiger partial charge in [-0.2, -0.15) is 4.98 Å². The number of hydrogen-bond acceptors (Lipinski definition) is 7. The van der Waals surface area contributed by atoms with Gasteiger partial charge in [0.2, 0.25) is 5.89 Å². The van der Waals surface area contributed by atoms with E-state index in [1.54, 1.807) is 22.0 Å². The highest BCUT2D eigenvalue weighted by Gasteiger charge is 2.22. The summed E-state index contributed by atoms with van der Waals surface area (Å²) in [6, 6.07) is 0. The molecule has 0 aromatic carbocycles. The average molecular weight is 389 g/mol. The normalized spacial score (nSPS) is 13.9. The Morgan fingerprint density at radius 3 is 2.96 bits per heavy atom. The van der Waals surface area contributed by atoms with Gasteiger partial charge in [0, 0.05) is 17.8 Å². The summed E-state index contributed by atoms with van der Waals surface area (Å²) in [5, 5.41) is 5.40. The van der Waals surface area contributed by atoms with Crippen molar-refractivity contribution in [1.29, 1.82) is 0 Å². The second-order valence-corrected chi connectivity index (χ2v) is 8.26. The molecule has 4 rings (SSSR count). The molecule has 6 nitrogen and oxygen atoms in total. The van der Waals surface area contributed by atoms with E-state index in [0.717, 1.165) is 35.9 Å². The zero-order chi connectivity index (χ0) is 18.1. The first-order chi connectivity index (χ1) is 12.7. The Hall–Kier alpha value is -1.93. The lowest BCUT2D eigenvalue weighted by atomic mass is 9.97. The van der Waals surface area contributed by atoms with Gasteiger partial charge in [0.05, 0.1) is 11.1 Å². The fourth-order valence-electron chi connectivity index (χ4n) is 3.24. The third-order valence-electron chi connectivity index (χ3n) is 4.50. The summed E-state index contributed by atoms with van der Waals surface area (Å²) in [6.07, 6.45) is 6.85. The van der Waals surface area contributed by atoms with Gasteiger partial charge >= 0.3 is 0 Å². The van der Waals surface area contributed by atoms with Crippen molar-refractivity contribution in [2.24, 2.45) is 0 Å². The van der Waals surface area contributed by atoms with E-state index in [2.05, 4.69) is 16.7 Å². The number of thiophene rings is 1. The van der Waals surface area contributed by atoms with Gasteiger partial charge in [-0.15, -0.1) is 17.9 Å². The summed E-state index contributed by atoms with van der Waals surface area (Å²) in [5.74, 6) is 1.74. The molecule has 0 bridgehead atoms. The molecule has 0 saturated heterocycles. The summed E-state index contributed by atoms with van der Waals surface area (Å²) in [5.41, 5.74) is 1.25. The number of allylic oxidation sites excluding steroid dienone is 1. The number of aromatic nitrogens is 4. The fraction of sp³-hybridized carbons (Fsp3) is 0.444. The minimum atomic E-state index is 0.0385. The number of hydrogen-bond donors (Lipinski definition) is 0. The summed E-state index contributed by atoms with van der Waals surface area (Å²) in [6.45, 7) is 6.22. The Labute approximate surface area is 159 Å². The minimum absolute atomic E-state index is 0.0385. The summed E-state index contributed by atoms with van der Waals surface area (Å²) >= 11 is 3.12. The first-order valence-corrected chi connectivity index (χ1v) is 10.6. The Balaban J connectivity index is 1.74. The first kappa shape index (κ1) is 17.5. The molecular formula is C18H20N4O2S2. The van der Waals surface area contributed by atoms with E-state index in [0.29, 0.717) is 29.2 Å². The molecule has 0 atom stereocenters. The van der Waals surface area contributed by atoms with Gasteiger partial charge in [-0.05, 0) is 31.2 Å². The molecule has 0 saturated carbocycles. The van der Waals surface area contributed by atoms with Crippen molar-refractivity contribution in [3.63, 3.8) is 0 Å². The molecule has 0 unspecified atom stereocenters. The van der Waals surface area contributed by atoms with Crippen molar-refractivity contribution in [3.8, 4) is 0 Å². The molecule has 0 fully saturated rings. The molecule has 3 aromatic rings. The molecule has 3 heterocycles. The fourth-order valence-corrected chi connectivity index (χ4v) is 5.39. The third kappa shape index (κ3) is 3.12. The van der Waals surface area contributed by atoms with Gasteiger partial charge in [-0.25, -0.2) is 4.98 Å². The van der Waals surface area contributed by atoms with Crippen LogP contribution < -0.4 is 5.56 Å². The van der Waals surface area contributed by atoms with E-state index in [-0.39, 0.29) is 5.56 Å². The summed E-state index contributed by atoms with van der Waals surface area (Å²) in [4.78, 5) is 24.5. The number of thioether (sulfide) groups is 1. The van der Waals surface area contributed by atoms with Crippen LogP contribution in [0.4, 0.5) is 0 Å². The molecule has 136 valence electrons. The average Bonchev–Trinajstić information content (AvgIpc) is 3.26. The van der Waals surface area contributed by atoms with Crippen LogP contribution in [0.1, 0.15) is 41.9 Å². The van der Waals surface area contributed by atoms with Crippen LogP contribution in [0, 0.1) is 0 Å². The number of nitrogens with zero attached hydrogens (tertiary/aromatic N) is 4. The van der Waals surface area contributed by atoms with Gasteiger partial charge < -0.3 is 4.52 Å². The maximum atomic E-state index is 13.2. The van der Waals surface area contributed by atoms with E-state index in [1.165, 1.54) is 28.6 Å². The number of rotatable bonds is 6. The Morgan fingerprint density at radius 1 is 1.35 bits per heavy atom. The van der Waals surface area contributed by atoms with E-state index >= 15 is 0 Å². The van der Waals surface area contributed by atoms with E-state index < -0.39 is 0 Å². The van der Waals surface area contributed by atoms with Crippen LogP contribution in [0.3, 0.4) is 0 Å². The number of fused-ring (bicyclic) bond motifs is 3. The highest BCUT2D eigenvalue weighted by molar-refractivity contribution is 7.98. The van der Waals surface area contributed by atoms with Gasteiger partial charge in [-0.1, -0.05) is 29.9 Å².